The fourth-order valence-corrected chi connectivity index (χ4v) is 6.53. The zero-order chi connectivity index (χ0) is 25.1. The van der Waals surface area contributed by atoms with E-state index in [-0.39, 0.29) is 0 Å². The predicted octanol–water partition coefficient (Wildman–Crippen LogP) is 8.67. The largest absolute Gasteiger partial charge is 0.291 e. The van der Waals surface area contributed by atoms with E-state index in [9.17, 15) is 0 Å². The van der Waals surface area contributed by atoms with Crippen LogP contribution in [-0.4, -0.2) is 19.5 Å². The van der Waals surface area contributed by atoms with Crippen molar-refractivity contribution in [1.82, 2.24) is 19.5 Å². The van der Waals surface area contributed by atoms with E-state index in [1.165, 1.54) is 20.2 Å². The van der Waals surface area contributed by atoms with Crippen molar-refractivity contribution < 1.29 is 0 Å². The standard InChI is InChI=1S/C33H20N4S/c1-3-11-21(12-4-1)26-19-29(36-33(35-26)22-13-5-2-6-14-22)37-27-17-9-7-16-24(27)30-31(37)32-25(20-34-30)23-15-8-10-18-28(23)38-32/h1-20H. The van der Waals surface area contributed by atoms with E-state index in [0.717, 1.165) is 44.6 Å². The molecule has 0 saturated heterocycles. The minimum atomic E-state index is 0.698. The molecule has 0 radical (unpaired) electrons. The molecule has 0 bridgehead atoms. The average Bonchev–Trinajstić information content (AvgIpc) is 3.54. The number of hydrogen-bond donors (Lipinski definition) is 0. The molecule has 0 atom stereocenters. The van der Waals surface area contributed by atoms with Crippen LogP contribution in [0.3, 0.4) is 0 Å². The molecule has 178 valence electrons. The Morgan fingerprint density at radius 3 is 2.11 bits per heavy atom. The summed E-state index contributed by atoms with van der Waals surface area (Å²) >= 11 is 1.81. The number of para-hydroxylation sites is 1. The lowest BCUT2D eigenvalue weighted by molar-refractivity contribution is 1.05. The number of hydrogen-bond acceptors (Lipinski definition) is 4. The van der Waals surface area contributed by atoms with Gasteiger partial charge in [0.2, 0.25) is 0 Å². The van der Waals surface area contributed by atoms with Gasteiger partial charge in [-0.1, -0.05) is 97.1 Å². The van der Waals surface area contributed by atoms with Crippen molar-refractivity contribution in [3.8, 4) is 28.5 Å². The summed E-state index contributed by atoms with van der Waals surface area (Å²) in [6.07, 6.45) is 2.03. The third kappa shape index (κ3) is 3.19. The van der Waals surface area contributed by atoms with Gasteiger partial charge in [-0.05, 0) is 12.1 Å². The van der Waals surface area contributed by atoms with Gasteiger partial charge in [0.15, 0.2) is 5.82 Å². The van der Waals surface area contributed by atoms with E-state index < -0.39 is 0 Å². The summed E-state index contributed by atoms with van der Waals surface area (Å²) in [6, 6.07) is 39.6. The van der Waals surface area contributed by atoms with Crippen LogP contribution in [0.4, 0.5) is 0 Å². The molecule has 0 unspecified atom stereocenters. The molecule has 8 aromatic rings. The number of fused-ring (bicyclic) bond motifs is 7. The Kier molecular flexibility index (Phi) is 4.66. The summed E-state index contributed by atoms with van der Waals surface area (Å²) in [4.78, 5) is 15.2. The number of benzene rings is 4. The number of rotatable bonds is 3. The van der Waals surface area contributed by atoms with Crippen molar-refractivity contribution in [2.75, 3.05) is 0 Å². The van der Waals surface area contributed by atoms with Gasteiger partial charge < -0.3 is 0 Å². The minimum absolute atomic E-state index is 0.698. The SMILES string of the molecule is c1ccc(-c2cc(-n3c4ccccc4c4ncc5c6ccccc6sc5c43)nc(-c3ccccc3)n2)cc1. The highest BCUT2D eigenvalue weighted by Gasteiger charge is 2.20. The topological polar surface area (TPSA) is 43.6 Å². The molecule has 0 fully saturated rings. The first kappa shape index (κ1) is 21.2. The van der Waals surface area contributed by atoms with Crippen molar-refractivity contribution in [3.05, 3.63) is 121 Å². The maximum atomic E-state index is 5.16. The lowest BCUT2D eigenvalue weighted by atomic mass is 10.1. The van der Waals surface area contributed by atoms with E-state index in [0.29, 0.717) is 5.82 Å². The molecule has 38 heavy (non-hydrogen) atoms. The van der Waals surface area contributed by atoms with Gasteiger partial charge in [0.1, 0.15) is 5.82 Å². The number of nitrogens with zero attached hydrogens (tertiary/aromatic N) is 4. The van der Waals surface area contributed by atoms with Gasteiger partial charge in [-0.25, -0.2) is 9.97 Å². The van der Waals surface area contributed by atoms with Crippen molar-refractivity contribution in [1.29, 1.82) is 0 Å². The van der Waals surface area contributed by atoms with Crippen LogP contribution in [0, 0.1) is 0 Å². The van der Waals surface area contributed by atoms with E-state index >= 15 is 0 Å². The maximum Gasteiger partial charge on any atom is 0.162 e. The Balaban J connectivity index is 1.53. The maximum absolute atomic E-state index is 5.16. The molecule has 0 saturated carbocycles. The van der Waals surface area contributed by atoms with Gasteiger partial charge in [0.05, 0.1) is 26.9 Å². The summed E-state index contributed by atoms with van der Waals surface area (Å²) in [5, 5.41) is 3.52. The van der Waals surface area contributed by atoms with Crippen LogP contribution >= 0.6 is 11.3 Å². The molecule has 0 spiro atoms. The molecular formula is C33H20N4S. The first-order chi connectivity index (χ1) is 18.8. The summed E-state index contributed by atoms with van der Waals surface area (Å²) in [5.74, 6) is 1.53. The predicted molar refractivity (Wildman–Crippen MR) is 158 cm³/mol. The zero-order valence-corrected chi connectivity index (χ0v) is 21.1. The Morgan fingerprint density at radius 2 is 1.29 bits per heavy atom. The van der Waals surface area contributed by atoms with Crippen molar-refractivity contribution in [2.24, 2.45) is 0 Å². The second-order valence-corrected chi connectivity index (χ2v) is 10.4. The molecule has 4 heterocycles. The van der Waals surface area contributed by atoms with Crippen LogP contribution in [0.25, 0.3) is 70.6 Å². The first-order valence-corrected chi connectivity index (χ1v) is 13.4. The Morgan fingerprint density at radius 1 is 0.605 bits per heavy atom. The van der Waals surface area contributed by atoms with E-state index in [2.05, 4.69) is 83.4 Å². The Hall–Kier alpha value is -4.87. The van der Waals surface area contributed by atoms with Crippen molar-refractivity contribution in [2.45, 2.75) is 0 Å². The van der Waals surface area contributed by atoms with Gasteiger partial charge >= 0.3 is 0 Å². The summed E-state index contributed by atoms with van der Waals surface area (Å²) in [5.41, 5.74) is 6.08. The molecule has 8 rings (SSSR count). The molecular weight excluding hydrogens is 484 g/mol. The second kappa shape index (κ2) is 8.33. The second-order valence-electron chi connectivity index (χ2n) is 9.32. The average molecular weight is 505 g/mol. The highest BCUT2D eigenvalue weighted by molar-refractivity contribution is 7.26. The van der Waals surface area contributed by atoms with Crippen LogP contribution in [0.2, 0.25) is 0 Å². The highest BCUT2D eigenvalue weighted by atomic mass is 32.1. The Bertz CT molecular complexity index is 2070. The number of thiophene rings is 1. The van der Waals surface area contributed by atoms with Crippen molar-refractivity contribution in [3.63, 3.8) is 0 Å². The molecule has 0 aliphatic heterocycles. The molecule has 4 nitrogen and oxygen atoms in total. The quantitative estimate of drug-likeness (QED) is 0.242. The van der Waals surface area contributed by atoms with E-state index in [4.69, 9.17) is 15.0 Å². The molecule has 4 aromatic heterocycles. The first-order valence-electron chi connectivity index (χ1n) is 12.5. The highest BCUT2D eigenvalue weighted by Crippen LogP contribution is 2.41. The minimum Gasteiger partial charge on any atom is -0.291 e. The van der Waals surface area contributed by atoms with Gasteiger partial charge in [-0.3, -0.25) is 9.55 Å². The molecule has 0 aliphatic carbocycles. The van der Waals surface area contributed by atoms with Crippen LogP contribution < -0.4 is 0 Å². The van der Waals surface area contributed by atoms with Gasteiger partial charge in [0.25, 0.3) is 0 Å². The molecule has 5 heteroatoms. The Labute approximate surface area is 222 Å². The third-order valence-electron chi connectivity index (χ3n) is 7.06. The van der Waals surface area contributed by atoms with Gasteiger partial charge in [-0.2, -0.15) is 0 Å². The number of pyridine rings is 1. The van der Waals surface area contributed by atoms with Crippen LogP contribution in [-0.2, 0) is 0 Å². The van der Waals surface area contributed by atoms with Crippen LogP contribution in [0.15, 0.2) is 121 Å². The number of aromatic nitrogens is 4. The van der Waals surface area contributed by atoms with Gasteiger partial charge in [0, 0.05) is 44.2 Å². The van der Waals surface area contributed by atoms with Crippen LogP contribution in [0.1, 0.15) is 0 Å². The fourth-order valence-electron chi connectivity index (χ4n) is 5.32. The lowest BCUT2D eigenvalue weighted by Crippen LogP contribution is -2.02. The normalized spacial score (nSPS) is 11.7. The summed E-state index contributed by atoms with van der Waals surface area (Å²) in [7, 11) is 0. The van der Waals surface area contributed by atoms with Crippen molar-refractivity contribution >= 4 is 53.4 Å². The zero-order valence-electron chi connectivity index (χ0n) is 20.2. The fraction of sp³-hybridized carbons (Fsp3) is 0. The molecule has 0 N–H and O–H groups in total. The van der Waals surface area contributed by atoms with E-state index in [1.54, 1.807) is 0 Å². The monoisotopic (exact) mass is 504 g/mol. The van der Waals surface area contributed by atoms with Gasteiger partial charge in [-0.15, -0.1) is 11.3 Å². The van der Waals surface area contributed by atoms with E-state index in [1.807, 2.05) is 53.9 Å². The molecule has 4 aromatic carbocycles. The smallest absolute Gasteiger partial charge is 0.162 e. The lowest BCUT2D eigenvalue weighted by Gasteiger charge is -2.12. The summed E-state index contributed by atoms with van der Waals surface area (Å²) < 4.78 is 4.75. The molecule has 0 aliphatic rings. The summed E-state index contributed by atoms with van der Waals surface area (Å²) in [6.45, 7) is 0. The molecule has 0 amide bonds. The van der Waals surface area contributed by atoms with Crippen LogP contribution in [0.5, 0.6) is 0 Å². The third-order valence-corrected chi connectivity index (χ3v) is 8.26.